The molecule has 1 nitrogen and oxygen atoms in total. The Morgan fingerprint density at radius 2 is 1.88 bits per heavy atom. The molecule has 194 valence electrons. The second-order valence-corrected chi connectivity index (χ2v) is 14.8. The smallest absolute Gasteiger partial charge is 0.0142 e. The molecule has 0 radical (unpaired) electrons. The van der Waals surface area contributed by atoms with E-state index in [0.717, 1.165) is 53.6 Å². The highest BCUT2D eigenvalue weighted by Crippen LogP contribution is 2.67. The van der Waals surface area contributed by atoms with Crippen LogP contribution in [0.5, 0.6) is 0 Å². The molecular formula is C32H55NS. The highest BCUT2D eigenvalue weighted by atomic mass is 32.2. The van der Waals surface area contributed by atoms with Gasteiger partial charge in [-0.25, -0.2) is 0 Å². The van der Waals surface area contributed by atoms with Crippen LogP contribution in [0.1, 0.15) is 119 Å². The van der Waals surface area contributed by atoms with Gasteiger partial charge in [0.25, 0.3) is 0 Å². The molecule has 0 saturated heterocycles. The molecule has 0 bridgehead atoms. The van der Waals surface area contributed by atoms with Gasteiger partial charge >= 0.3 is 0 Å². The molecule has 0 aliphatic heterocycles. The Balaban J connectivity index is 1.41. The van der Waals surface area contributed by atoms with Gasteiger partial charge in [-0.15, -0.1) is 0 Å². The van der Waals surface area contributed by atoms with Crippen LogP contribution < -0.4 is 4.72 Å². The van der Waals surface area contributed by atoms with E-state index in [0.29, 0.717) is 10.8 Å². The highest BCUT2D eigenvalue weighted by Gasteiger charge is 2.59. The lowest BCUT2D eigenvalue weighted by Crippen LogP contribution is -2.50. The zero-order valence-electron chi connectivity index (χ0n) is 23.4. The number of hydrogen-bond donors (Lipinski definition) is 1. The minimum atomic E-state index is 0.481. The standard InChI is InChI=1S/C32H55NS/c1-8-34-33-24(5)20-25-16-18-31(6)26(21-25)12-13-27-29-15-14-28(23(4)11-9-10-22(2)3)32(29,7)19-17-30(27)31/h12,22-23,25,27-30,33H,5,8-11,13-21H2,1-4,6-7H3. The van der Waals surface area contributed by atoms with Crippen LogP contribution in [-0.4, -0.2) is 5.75 Å². The van der Waals surface area contributed by atoms with Crippen LogP contribution in [-0.2, 0) is 0 Å². The minimum absolute atomic E-state index is 0.481. The van der Waals surface area contributed by atoms with Crippen molar-refractivity contribution in [2.75, 3.05) is 5.75 Å². The van der Waals surface area contributed by atoms with E-state index in [1.807, 2.05) is 5.57 Å². The summed E-state index contributed by atoms with van der Waals surface area (Å²) >= 11 is 1.79. The molecule has 8 unspecified atom stereocenters. The van der Waals surface area contributed by atoms with Crippen molar-refractivity contribution >= 4 is 11.9 Å². The van der Waals surface area contributed by atoms with Crippen molar-refractivity contribution in [3.8, 4) is 0 Å². The predicted octanol–water partition coefficient (Wildman–Crippen LogP) is 9.81. The van der Waals surface area contributed by atoms with E-state index in [-0.39, 0.29) is 0 Å². The minimum Gasteiger partial charge on any atom is -0.334 e. The van der Waals surface area contributed by atoms with Gasteiger partial charge in [0.05, 0.1) is 0 Å². The number of nitrogens with one attached hydrogen (secondary N) is 1. The van der Waals surface area contributed by atoms with Gasteiger partial charge in [0.2, 0.25) is 0 Å². The summed E-state index contributed by atoms with van der Waals surface area (Å²) in [6.45, 7) is 19.3. The van der Waals surface area contributed by atoms with Crippen LogP contribution in [0.3, 0.4) is 0 Å². The van der Waals surface area contributed by atoms with Crippen LogP contribution in [0.25, 0.3) is 0 Å². The molecule has 0 amide bonds. The summed E-state index contributed by atoms with van der Waals surface area (Å²) in [6, 6.07) is 0. The molecule has 3 saturated carbocycles. The first-order valence-corrected chi connectivity index (χ1v) is 15.9. The normalized spacial score (nSPS) is 40.2. The molecule has 0 aromatic carbocycles. The van der Waals surface area contributed by atoms with Gasteiger partial charge in [-0.1, -0.05) is 91.0 Å². The first kappa shape index (κ1) is 26.7. The Labute approximate surface area is 216 Å². The summed E-state index contributed by atoms with van der Waals surface area (Å²) in [5, 5.41) is 0. The first-order valence-electron chi connectivity index (χ1n) is 14.9. The molecule has 0 spiro atoms. The SMILES string of the molecule is C=C(CC1CCC2(C)C(=CCC3C2CCC2(C)C(C(C)CCCC(C)C)CCC32)C1)NSCC. The molecule has 1 N–H and O–H groups in total. The maximum atomic E-state index is 4.31. The Hall–Kier alpha value is -0.370. The summed E-state index contributed by atoms with van der Waals surface area (Å²) in [6.07, 6.45) is 19.8. The van der Waals surface area contributed by atoms with Crippen molar-refractivity contribution in [2.24, 2.45) is 52.3 Å². The van der Waals surface area contributed by atoms with E-state index in [1.165, 1.54) is 76.3 Å². The molecule has 4 rings (SSSR count). The number of hydrogen-bond acceptors (Lipinski definition) is 2. The van der Waals surface area contributed by atoms with Crippen molar-refractivity contribution in [1.82, 2.24) is 4.72 Å². The van der Waals surface area contributed by atoms with Crippen LogP contribution >= 0.6 is 11.9 Å². The molecule has 0 aromatic rings. The first-order chi connectivity index (χ1) is 16.2. The molecule has 4 aliphatic rings. The maximum Gasteiger partial charge on any atom is 0.0142 e. The molecule has 2 heteroatoms. The fourth-order valence-electron chi connectivity index (χ4n) is 9.50. The Bertz CT molecular complexity index is 739. The van der Waals surface area contributed by atoms with Gasteiger partial charge in [0.1, 0.15) is 0 Å². The lowest BCUT2D eigenvalue weighted by Gasteiger charge is -2.58. The van der Waals surface area contributed by atoms with Crippen LogP contribution in [0.4, 0.5) is 0 Å². The van der Waals surface area contributed by atoms with Crippen LogP contribution in [0.15, 0.2) is 23.9 Å². The largest absolute Gasteiger partial charge is 0.334 e. The van der Waals surface area contributed by atoms with Crippen LogP contribution in [0, 0.1) is 52.3 Å². The molecule has 0 aromatic heterocycles. The lowest BCUT2D eigenvalue weighted by molar-refractivity contribution is -0.0527. The highest BCUT2D eigenvalue weighted by molar-refractivity contribution is 7.97. The monoisotopic (exact) mass is 485 g/mol. The fourth-order valence-corrected chi connectivity index (χ4v) is 9.93. The number of rotatable bonds is 10. The third-order valence-corrected chi connectivity index (χ3v) is 12.0. The van der Waals surface area contributed by atoms with Gasteiger partial charge in [0.15, 0.2) is 0 Å². The van der Waals surface area contributed by atoms with E-state index in [4.69, 9.17) is 0 Å². The van der Waals surface area contributed by atoms with Crippen molar-refractivity contribution in [3.63, 3.8) is 0 Å². The maximum absolute atomic E-state index is 4.31. The van der Waals surface area contributed by atoms with E-state index >= 15 is 0 Å². The third-order valence-electron chi connectivity index (χ3n) is 11.3. The molecule has 3 fully saturated rings. The average Bonchev–Trinajstić information content (AvgIpc) is 3.15. The predicted molar refractivity (Wildman–Crippen MR) is 152 cm³/mol. The third kappa shape index (κ3) is 5.19. The van der Waals surface area contributed by atoms with E-state index in [2.05, 4.69) is 58.9 Å². The van der Waals surface area contributed by atoms with Gasteiger partial charge in [-0.05, 0) is 110 Å². The second-order valence-electron chi connectivity index (χ2n) is 13.7. The van der Waals surface area contributed by atoms with Crippen LogP contribution in [0.2, 0.25) is 0 Å². The quantitative estimate of drug-likeness (QED) is 0.244. The zero-order chi connectivity index (χ0) is 24.5. The number of allylic oxidation sites excluding steroid dienone is 3. The molecule has 8 atom stereocenters. The number of fused-ring (bicyclic) bond motifs is 5. The Kier molecular flexibility index (Phi) is 8.59. The van der Waals surface area contributed by atoms with Gasteiger partial charge in [0, 0.05) is 11.4 Å². The summed E-state index contributed by atoms with van der Waals surface area (Å²) in [5.74, 6) is 7.52. The van der Waals surface area contributed by atoms with Gasteiger partial charge in [-0.2, -0.15) is 0 Å². The topological polar surface area (TPSA) is 12.0 Å². The summed E-state index contributed by atoms with van der Waals surface area (Å²) < 4.78 is 3.47. The average molecular weight is 486 g/mol. The van der Waals surface area contributed by atoms with E-state index < -0.39 is 0 Å². The second kappa shape index (κ2) is 10.9. The molecule has 34 heavy (non-hydrogen) atoms. The summed E-state index contributed by atoms with van der Waals surface area (Å²) in [7, 11) is 0. The Morgan fingerprint density at radius 1 is 1.09 bits per heavy atom. The molecule has 4 aliphatic carbocycles. The van der Waals surface area contributed by atoms with Gasteiger partial charge in [-0.3, -0.25) is 0 Å². The molecule has 0 heterocycles. The van der Waals surface area contributed by atoms with E-state index in [9.17, 15) is 0 Å². The Morgan fingerprint density at radius 3 is 2.62 bits per heavy atom. The lowest BCUT2D eigenvalue weighted by atomic mass is 9.46. The van der Waals surface area contributed by atoms with Crippen molar-refractivity contribution in [3.05, 3.63) is 23.9 Å². The van der Waals surface area contributed by atoms with Gasteiger partial charge < -0.3 is 4.72 Å². The van der Waals surface area contributed by atoms with Crippen molar-refractivity contribution in [2.45, 2.75) is 119 Å². The van der Waals surface area contributed by atoms with Crippen molar-refractivity contribution in [1.29, 1.82) is 0 Å². The fraction of sp³-hybridized carbons (Fsp3) is 0.875. The summed E-state index contributed by atoms with van der Waals surface area (Å²) in [5.41, 5.74) is 4.16. The zero-order valence-corrected chi connectivity index (χ0v) is 24.2. The van der Waals surface area contributed by atoms with E-state index in [1.54, 1.807) is 11.9 Å². The molecular weight excluding hydrogens is 430 g/mol. The summed E-state index contributed by atoms with van der Waals surface area (Å²) in [4.78, 5) is 0. The van der Waals surface area contributed by atoms with Crippen molar-refractivity contribution < 1.29 is 0 Å².